The normalized spacial score (nSPS) is 28.7. The number of hydrogen-bond acceptors (Lipinski definition) is 3. The molecule has 0 aliphatic carbocycles. The zero-order valence-electron chi connectivity index (χ0n) is 7.83. The first-order valence-electron chi connectivity index (χ1n) is 4.22. The molecule has 0 aromatic heterocycles. The van der Waals surface area contributed by atoms with E-state index in [9.17, 15) is 4.79 Å². The molecule has 1 amide bonds. The summed E-state index contributed by atoms with van der Waals surface area (Å²) in [5, 5.41) is -0.141. The van der Waals surface area contributed by atoms with Crippen LogP contribution in [0.3, 0.4) is 0 Å². The standard InChI is InChI=1S/C8H14ClNO3/c1-12-7-6(9)4-3-5-10(7)8(11)13-2/h6-7H,3-5H2,1-2H3. The Morgan fingerprint density at radius 3 is 2.77 bits per heavy atom. The number of halogens is 1. The molecular weight excluding hydrogens is 194 g/mol. The Labute approximate surface area is 82.7 Å². The number of likely N-dealkylation sites (tertiary alicyclic amines) is 1. The maximum absolute atomic E-state index is 11.2. The second-order valence-electron chi connectivity index (χ2n) is 2.95. The summed E-state index contributed by atoms with van der Waals surface area (Å²) in [5.74, 6) is 0. The van der Waals surface area contributed by atoms with Crippen LogP contribution in [0.2, 0.25) is 0 Å². The number of ether oxygens (including phenoxy) is 2. The van der Waals surface area contributed by atoms with Crippen molar-refractivity contribution < 1.29 is 14.3 Å². The molecule has 1 fully saturated rings. The molecule has 1 aliphatic heterocycles. The molecule has 4 nitrogen and oxygen atoms in total. The molecule has 0 radical (unpaired) electrons. The predicted molar refractivity (Wildman–Crippen MR) is 48.8 cm³/mol. The van der Waals surface area contributed by atoms with Gasteiger partial charge in [-0.15, -0.1) is 11.6 Å². The summed E-state index contributed by atoms with van der Waals surface area (Å²) in [4.78, 5) is 12.8. The van der Waals surface area contributed by atoms with Crippen molar-refractivity contribution in [2.24, 2.45) is 0 Å². The number of rotatable bonds is 1. The molecule has 1 rings (SSSR count). The molecule has 0 aromatic carbocycles. The van der Waals surface area contributed by atoms with Gasteiger partial charge >= 0.3 is 6.09 Å². The number of nitrogens with zero attached hydrogens (tertiary/aromatic N) is 1. The molecule has 0 N–H and O–H groups in total. The van der Waals surface area contributed by atoms with Gasteiger partial charge in [-0.3, -0.25) is 4.90 Å². The fraction of sp³-hybridized carbons (Fsp3) is 0.875. The molecule has 2 unspecified atom stereocenters. The van der Waals surface area contributed by atoms with Gasteiger partial charge < -0.3 is 9.47 Å². The van der Waals surface area contributed by atoms with E-state index < -0.39 is 0 Å². The van der Waals surface area contributed by atoms with E-state index in [1.54, 1.807) is 7.11 Å². The van der Waals surface area contributed by atoms with Gasteiger partial charge in [-0.25, -0.2) is 4.79 Å². The van der Waals surface area contributed by atoms with Crippen molar-refractivity contribution >= 4 is 17.7 Å². The maximum atomic E-state index is 11.2. The third-order valence-electron chi connectivity index (χ3n) is 2.15. The molecule has 0 spiro atoms. The van der Waals surface area contributed by atoms with E-state index in [0.29, 0.717) is 6.54 Å². The van der Waals surface area contributed by atoms with Gasteiger partial charge in [0, 0.05) is 13.7 Å². The molecule has 0 bridgehead atoms. The van der Waals surface area contributed by atoms with E-state index >= 15 is 0 Å². The molecule has 76 valence electrons. The van der Waals surface area contributed by atoms with Crippen LogP contribution >= 0.6 is 11.6 Å². The van der Waals surface area contributed by atoms with Crippen LogP contribution < -0.4 is 0 Å². The van der Waals surface area contributed by atoms with Crippen molar-refractivity contribution in [2.45, 2.75) is 24.4 Å². The molecule has 1 saturated heterocycles. The third kappa shape index (κ3) is 2.25. The minimum Gasteiger partial charge on any atom is -0.453 e. The lowest BCUT2D eigenvalue weighted by atomic mass is 10.1. The van der Waals surface area contributed by atoms with Gasteiger partial charge in [0.1, 0.15) is 0 Å². The summed E-state index contributed by atoms with van der Waals surface area (Å²) in [5.41, 5.74) is 0. The molecular formula is C8H14ClNO3. The van der Waals surface area contributed by atoms with Crippen LogP contribution in [-0.4, -0.2) is 43.4 Å². The summed E-state index contributed by atoms with van der Waals surface area (Å²) in [7, 11) is 2.90. The van der Waals surface area contributed by atoms with Crippen molar-refractivity contribution in [3.05, 3.63) is 0 Å². The van der Waals surface area contributed by atoms with Gasteiger partial charge in [-0.1, -0.05) is 0 Å². The Morgan fingerprint density at radius 1 is 1.54 bits per heavy atom. The summed E-state index contributed by atoms with van der Waals surface area (Å²) in [6, 6.07) is 0. The van der Waals surface area contributed by atoms with Gasteiger partial charge in [0.15, 0.2) is 6.23 Å². The molecule has 0 saturated carbocycles. The van der Waals surface area contributed by atoms with E-state index in [1.807, 2.05) is 0 Å². The zero-order chi connectivity index (χ0) is 9.84. The van der Waals surface area contributed by atoms with Gasteiger partial charge in [0.05, 0.1) is 12.5 Å². The highest BCUT2D eigenvalue weighted by Crippen LogP contribution is 2.23. The number of amides is 1. The van der Waals surface area contributed by atoms with E-state index in [1.165, 1.54) is 12.0 Å². The van der Waals surface area contributed by atoms with Crippen LogP contribution in [0.15, 0.2) is 0 Å². The average Bonchev–Trinajstić information content (AvgIpc) is 2.16. The number of hydrogen-bond donors (Lipinski definition) is 0. The lowest BCUT2D eigenvalue weighted by Gasteiger charge is -2.36. The highest BCUT2D eigenvalue weighted by molar-refractivity contribution is 6.21. The van der Waals surface area contributed by atoms with E-state index in [-0.39, 0.29) is 17.7 Å². The SMILES string of the molecule is COC(=O)N1CCCC(Cl)C1OC. The minimum absolute atomic E-state index is 0.141. The number of piperidine rings is 1. The quantitative estimate of drug-likeness (QED) is 0.611. The number of methoxy groups -OCH3 is 2. The fourth-order valence-corrected chi connectivity index (χ4v) is 1.90. The second kappa shape index (κ2) is 4.67. The Morgan fingerprint density at radius 2 is 2.23 bits per heavy atom. The first-order valence-corrected chi connectivity index (χ1v) is 4.65. The summed E-state index contributed by atoms with van der Waals surface area (Å²) >= 11 is 6.00. The van der Waals surface area contributed by atoms with Crippen LogP contribution in [0.1, 0.15) is 12.8 Å². The Hall–Kier alpha value is -0.480. The highest BCUT2D eigenvalue weighted by atomic mass is 35.5. The smallest absolute Gasteiger partial charge is 0.411 e. The topological polar surface area (TPSA) is 38.8 Å². The molecule has 13 heavy (non-hydrogen) atoms. The lowest BCUT2D eigenvalue weighted by Crippen LogP contribution is -2.50. The molecule has 1 heterocycles. The summed E-state index contributed by atoms with van der Waals surface area (Å²) in [6.07, 6.45) is 1.02. The van der Waals surface area contributed by atoms with E-state index in [0.717, 1.165) is 12.8 Å². The highest BCUT2D eigenvalue weighted by Gasteiger charge is 2.33. The van der Waals surface area contributed by atoms with Crippen molar-refractivity contribution in [3.8, 4) is 0 Å². The molecule has 0 aromatic rings. The molecule has 2 atom stereocenters. The molecule has 1 aliphatic rings. The average molecular weight is 208 g/mol. The van der Waals surface area contributed by atoms with Crippen LogP contribution in [0.25, 0.3) is 0 Å². The third-order valence-corrected chi connectivity index (χ3v) is 2.58. The van der Waals surface area contributed by atoms with Crippen LogP contribution in [0.5, 0.6) is 0 Å². The Kier molecular flexibility index (Phi) is 3.81. The van der Waals surface area contributed by atoms with Crippen molar-refractivity contribution in [2.75, 3.05) is 20.8 Å². The van der Waals surface area contributed by atoms with Crippen molar-refractivity contribution in [3.63, 3.8) is 0 Å². The fourth-order valence-electron chi connectivity index (χ4n) is 1.51. The van der Waals surface area contributed by atoms with Gasteiger partial charge in [0.2, 0.25) is 0 Å². The first kappa shape index (κ1) is 10.6. The number of carbonyl (C=O) groups is 1. The summed E-state index contributed by atoms with van der Waals surface area (Å²) < 4.78 is 9.75. The van der Waals surface area contributed by atoms with Crippen LogP contribution in [-0.2, 0) is 9.47 Å². The molecule has 5 heteroatoms. The minimum atomic E-state index is -0.378. The van der Waals surface area contributed by atoms with Crippen LogP contribution in [0.4, 0.5) is 4.79 Å². The lowest BCUT2D eigenvalue weighted by molar-refractivity contribution is -0.0425. The van der Waals surface area contributed by atoms with Gasteiger partial charge in [-0.2, -0.15) is 0 Å². The number of alkyl halides is 1. The second-order valence-corrected chi connectivity index (χ2v) is 3.51. The van der Waals surface area contributed by atoms with Gasteiger partial charge in [-0.05, 0) is 12.8 Å². The maximum Gasteiger partial charge on any atom is 0.411 e. The van der Waals surface area contributed by atoms with Crippen molar-refractivity contribution in [1.82, 2.24) is 4.90 Å². The summed E-state index contributed by atoms with van der Waals surface area (Å²) in [6.45, 7) is 0.647. The van der Waals surface area contributed by atoms with Crippen LogP contribution in [0, 0.1) is 0 Å². The first-order chi connectivity index (χ1) is 6.20. The largest absolute Gasteiger partial charge is 0.453 e. The van der Waals surface area contributed by atoms with Crippen molar-refractivity contribution in [1.29, 1.82) is 0 Å². The van der Waals surface area contributed by atoms with E-state index in [2.05, 4.69) is 4.74 Å². The zero-order valence-corrected chi connectivity index (χ0v) is 8.58. The Bertz CT molecular complexity index is 188. The van der Waals surface area contributed by atoms with Gasteiger partial charge in [0.25, 0.3) is 0 Å². The van der Waals surface area contributed by atoms with E-state index in [4.69, 9.17) is 16.3 Å². The monoisotopic (exact) mass is 207 g/mol. The Balaban J connectivity index is 2.64. The number of carbonyl (C=O) groups excluding carboxylic acids is 1. The predicted octanol–water partition coefficient (Wildman–Crippen LogP) is 1.43.